The Morgan fingerprint density at radius 1 is 1.13 bits per heavy atom. The summed E-state index contributed by atoms with van der Waals surface area (Å²) in [6, 6.07) is 0. The summed E-state index contributed by atoms with van der Waals surface area (Å²) in [6.45, 7) is 6.55. The molecule has 2 rings (SSSR count). The Morgan fingerprint density at radius 2 is 1.67 bits per heavy atom. The van der Waals surface area contributed by atoms with Crippen molar-refractivity contribution in [1.29, 1.82) is 0 Å². The van der Waals surface area contributed by atoms with Crippen molar-refractivity contribution < 1.29 is 0 Å². The first-order valence-electron chi connectivity index (χ1n) is 5.98. The van der Waals surface area contributed by atoms with E-state index in [-0.39, 0.29) is 0 Å². The predicted molar refractivity (Wildman–Crippen MR) is 61.9 cm³/mol. The quantitative estimate of drug-likeness (QED) is 0.738. The van der Waals surface area contributed by atoms with E-state index in [9.17, 15) is 0 Å². The van der Waals surface area contributed by atoms with Gasteiger partial charge in [-0.05, 0) is 38.5 Å². The lowest BCUT2D eigenvalue weighted by Gasteiger charge is -2.30. The zero-order valence-electron chi connectivity index (χ0n) is 10.0. The number of nitrogens with zero attached hydrogens (tertiary/aromatic N) is 2. The first kappa shape index (κ1) is 10.6. The van der Waals surface area contributed by atoms with Crippen LogP contribution in [0.4, 0.5) is 0 Å². The fraction of sp³-hybridized carbons (Fsp3) is 0.692. The monoisotopic (exact) mass is 204 g/mol. The Morgan fingerprint density at radius 3 is 2.13 bits per heavy atom. The maximum absolute atomic E-state index is 4.37. The summed E-state index contributed by atoms with van der Waals surface area (Å²) < 4.78 is 0. The van der Waals surface area contributed by atoms with Gasteiger partial charge in [0.15, 0.2) is 0 Å². The summed E-state index contributed by atoms with van der Waals surface area (Å²) in [5.74, 6) is 0. The molecule has 2 nitrogen and oxygen atoms in total. The third kappa shape index (κ3) is 1.66. The standard InChI is InChI=1S/C13H20N2/c1-4-13(7-5-6-8-13)12-10(2)14-9-15-11(12)3/h9H,4-8H2,1-3H3. The highest BCUT2D eigenvalue weighted by atomic mass is 14.8. The largest absolute Gasteiger partial charge is 0.241 e. The molecule has 1 saturated carbocycles. The van der Waals surface area contributed by atoms with Gasteiger partial charge in [0.2, 0.25) is 0 Å². The van der Waals surface area contributed by atoms with E-state index >= 15 is 0 Å². The summed E-state index contributed by atoms with van der Waals surface area (Å²) in [5, 5.41) is 0. The SMILES string of the molecule is CCC1(c2c(C)ncnc2C)CCCC1. The smallest absolute Gasteiger partial charge is 0.115 e. The minimum atomic E-state index is 0.384. The van der Waals surface area contributed by atoms with Crippen molar-refractivity contribution in [1.82, 2.24) is 9.97 Å². The summed E-state index contributed by atoms with van der Waals surface area (Å²) in [7, 11) is 0. The number of hydrogen-bond acceptors (Lipinski definition) is 2. The van der Waals surface area contributed by atoms with Crippen LogP contribution in [0.3, 0.4) is 0 Å². The number of aromatic nitrogens is 2. The molecule has 0 saturated heterocycles. The molecule has 1 aliphatic carbocycles. The van der Waals surface area contributed by atoms with Crippen LogP contribution < -0.4 is 0 Å². The molecule has 0 radical (unpaired) electrons. The summed E-state index contributed by atoms with van der Waals surface area (Å²) in [4.78, 5) is 8.73. The molecule has 1 aromatic rings. The molecule has 2 heteroatoms. The number of aryl methyl sites for hydroxylation is 2. The molecule has 1 aromatic heterocycles. The normalized spacial score (nSPS) is 19.4. The summed E-state index contributed by atoms with van der Waals surface area (Å²) in [6.07, 6.45) is 8.27. The van der Waals surface area contributed by atoms with Crippen LogP contribution in [0.25, 0.3) is 0 Å². The van der Waals surface area contributed by atoms with Gasteiger partial charge in [-0.25, -0.2) is 9.97 Å². The van der Waals surface area contributed by atoms with Crippen LogP contribution in [0.2, 0.25) is 0 Å². The molecule has 0 aliphatic heterocycles. The highest BCUT2D eigenvalue weighted by Crippen LogP contribution is 2.45. The molecule has 0 unspecified atom stereocenters. The Kier molecular flexibility index (Phi) is 2.76. The van der Waals surface area contributed by atoms with Crippen LogP contribution in [0, 0.1) is 13.8 Å². The van der Waals surface area contributed by atoms with Crippen molar-refractivity contribution in [3.05, 3.63) is 23.3 Å². The van der Waals surface area contributed by atoms with E-state index in [1.807, 2.05) is 0 Å². The molecule has 1 fully saturated rings. The predicted octanol–water partition coefficient (Wildman–Crippen LogP) is 3.32. The van der Waals surface area contributed by atoms with Crippen molar-refractivity contribution in [2.75, 3.05) is 0 Å². The first-order chi connectivity index (χ1) is 7.19. The molecule has 15 heavy (non-hydrogen) atoms. The van der Waals surface area contributed by atoms with Crippen LogP contribution in [-0.4, -0.2) is 9.97 Å². The van der Waals surface area contributed by atoms with Crippen LogP contribution in [0.1, 0.15) is 56.0 Å². The van der Waals surface area contributed by atoms with E-state index in [0.717, 1.165) is 0 Å². The molecule has 0 amide bonds. The second-order valence-electron chi connectivity index (χ2n) is 4.76. The zero-order valence-corrected chi connectivity index (χ0v) is 10.0. The lowest BCUT2D eigenvalue weighted by Crippen LogP contribution is -2.24. The van der Waals surface area contributed by atoms with Gasteiger partial charge < -0.3 is 0 Å². The Hall–Kier alpha value is -0.920. The lowest BCUT2D eigenvalue weighted by atomic mass is 9.75. The van der Waals surface area contributed by atoms with Gasteiger partial charge in [0, 0.05) is 17.0 Å². The third-order valence-electron chi connectivity index (χ3n) is 3.99. The third-order valence-corrected chi connectivity index (χ3v) is 3.99. The highest BCUT2D eigenvalue weighted by molar-refractivity contribution is 5.33. The van der Waals surface area contributed by atoms with Gasteiger partial charge in [-0.1, -0.05) is 19.8 Å². The van der Waals surface area contributed by atoms with Crippen molar-refractivity contribution in [2.24, 2.45) is 0 Å². The van der Waals surface area contributed by atoms with E-state index in [4.69, 9.17) is 0 Å². The first-order valence-corrected chi connectivity index (χ1v) is 5.98. The second-order valence-corrected chi connectivity index (χ2v) is 4.76. The van der Waals surface area contributed by atoms with Gasteiger partial charge in [0.25, 0.3) is 0 Å². The fourth-order valence-corrected chi connectivity index (χ4v) is 3.19. The Bertz CT molecular complexity index is 331. The van der Waals surface area contributed by atoms with E-state index in [1.165, 1.54) is 49.1 Å². The fourth-order valence-electron chi connectivity index (χ4n) is 3.19. The van der Waals surface area contributed by atoms with Gasteiger partial charge >= 0.3 is 0 Å². The van der Waals surface area contributed by atoms with Gasteiger partial charge in [-0.2, -0.15) is 0 Å². The van der Waals surface area contributed by atoms with Crippen molar-refractivity contribution >= 4 is 0 Å². The van der Waals surface area contributed by atoms with E-state index in [0.29, 0.717) is 5.41 Å². The maximum Gasteiger partial charge on any atom is 0.115 e. The molecule has 0 bridgehead atoms. The lowest BCUT2D eigenvalue weighted by molar-refractivity contribution is 0.416. The highest BCUT2D eigenvalue weighted by Gasteiger charge is 2.36. The summed E-state index contributed by atoms with van der Waals surface area (Å²) >= 11 is 0. The van der Waals surface area contributed by atoms with Crippen LogP contribution in [0.5, 0.6) is 0 Å². The van der Waals surface area contributed by atoms with E-state index in [2.05, 4.69) is 30.7 Å². The number of hydrogen-bond donors (Lipinski definition) is 0. The molecule has 0 N–H and O–H groups in total. The number of rotatable bonds is 2. The molecule has 0 atom stereocenters. The van der Waals surface area contributed by atoms with Crippen LogP contribution in [-0.2, 0) is 5.41 Å². The average molecular weight is 204 g/mol. The molecular weight excluding hydrogens is 184 g/mol. The molecule has 0 spiro atoms. The van der Waals surface area contributed by atoms with Gasteiger partial charge in [-0.15, -0.1) is 0 Å². The minimum absolute atomic E-state index is 0.384. The molecule has 1 aliphatic rings. The Labute approximate surface area is 92.1 Å². The second kappa shape index (κ2) is 3.92. The zero-order chi connectivity index (χ0) is 10.9. The van der Waals surface area contributed by atoms with Crippen molar-refractivity contribution in [2.45, 2.75) is 58.3 Å². The van der Waals surface area contributed by atoms with E-state index < -0.39 is 0 Å². The van der Waals surface area contributed by atoms with Gasteiger partial charge in [-0.3, -0.25) is 0 Å². The van der Waals surface area contributed by atoms with Crippen molar-refractivity contribution in [3.8, 4) is 0 Å². The maximum atomic E-state index is 4.37. The van der Waals surface area contributed by atoms with Gasteiger partial charge in [0.1, 0.15) is 6.33 Å². The van der Waals surface area contributed by atoms with Crippen molar-refractivity contribution in [3.63, 3.8) is 0 Å². The van der Waals surface area contributed by atoms with E-state index in [1.54, 1.807) is 6.33 Å². The topological polar surface area (TPSA) is 25.8 Å². The molecular formula is C13H20N2. The molecule has 1 heterocycles. The molecule has 0 aromatic carbocycles. The summed E-state index contributed by atoms with van der Waals surface area (Å²) in [5.41, 5.74) is 4.19. The Balaban J connectivity index is 2.51. The van der Waals surface area contributed by atoms with Crippen LogP contribution >= 0.6 is 0 Å². The van der Waals surface area contributed by atoms with Gasteiger partial charge in [0.05, 0.1) is 0 Å². The molecule has 82 valence electrons. The minimum Gasteiger partial charge on any atom is -0.241 e. The average Bonchev–Trinajstić information content (AvgIpc) is 2.67. The van der Waals surface area contributed by atoms with Crippen LogP contribution in [0.15, 0.2) is 6.33 Å².